The highest BCUT2D eigenvalue weighted by Crippen LogP contribution is 2.28. The first-order chi connectivity index (χ1) is 8.08. The average Bonchev–Trinajstić information content (AvgIpc) is 2.32. The molecule has 5 heteroatoms. The maximum absolute atomic E-state index is 13.5. The molecule has 0 saturated heterocycles. The summed E-state index contributed by atoms with van der Waals surface area (Å²) in [5.41, 5.74) is 6.33. The molecule has 0 heterocycles. The third-order valence-electron chi connectivity index (χ3n) is 2.24. The number of benzene rings is 2. The van der Waals surface area contributed by atoms with Gasteiger partial charge < -0.3 is 11.1 Å². The van der Waals surface area contributed by atoms with E-state index in [-0.39, 0.29) is 11.4 Å². The van der Waals surface area contributed by atoms with Gasteiger partial charge in [-0.3, -0.25) is 0 Å². The highest BCUT2D eigenvalue weighted by molar-refractivity contribution is 9.10. The second kappa shape index (κ2) is 4.71. The molecule has 0 atom stereocenters. The molecule has 0 fully saturated rings. The predicted octanol–water partition coefficient (Wildman–Crippen LogP) is 4.05. The summed E-state index contributed by atoms with van der Waals surface area (Å²) in [5, 5.41) is 2.75. The minimum atomic E-state index is -0.979. The fourth-order valence-electron chi connectivity index (χ4n) is 1.37. The maximum Gasteiger partial charge on any atom is 0.184 e. The van der Waals surface area contributed by atoms with Gasteiger partial charge in [-0.1, -0.05) is 15.9 Å². The van der Waals surface area contributed by atoms with Gasteiger partial charge in [0.15, 0.2) is 11.6 Å². The van der Waals surface area contributed by atoms with Gasteiger partial charge in [-0.2, -0.15) is 0 Å². The zero-order valence-corrected chi connectivity index (χ0v) is 10.3. The van der Waals surface area contributed by atoms with Crippen molar-refractivity contribution in [3.05, 3.63) is 52.5 Å². The number of rotatable bonds is 2. The first-order valence-corrected chi connectivity index (χ1v) is 5.63. The highest BCUT2D eigenvalue weighted by atomic mass is 79.9. The van der Waals surface area contributed by atoms with Crippen LogP contribution >= 0.6 is 15.9 Å². The zero-order valence-electron chi connectivity index (χ0n) is 8.68. The second-order valence-electron chi connectivity index (χ2n) is 3.46. The molecule has 0 amide bonds. The van der Waals surface area contributed by atoms with E-state index in [1.165, 1.54) is 6.07 Å². The van der Waals surface area contributed by atoms with Gasteiger partial charge in [-0.15, -0.1) is 0 Å². The van der Waals surface area contributed by atoms with Crippen molar-refractivity contribution in [2.24, 2.45) is 0 Å². The van der Waals surface area contributed by atoms with Crippen LogP contribution in [0.2, 0.25) is 0 Å². The van der Waals surface area contributed by atoms with Crippen molar-refractivity contribution in [2.45, 2.75) is 0 Å². The summed E-state index contributed by atoms with van der Waals surface area (Å²) in [7, 11) is 0. The van der Waals surface area contributed by atoms with E-state index in [1.54, 1.807) is 24.3 Å². The highest BCUT2D eigenvalue weighted by Gasteiger charge is 2.11. The van der Waals surface area contributed by atoms with Crippen LogP contribution in [0.1, 0.15) is 0 Å². The maximum atomic E-state index is 13.5. The molecule has 88 valence electrons. The number of anilines is 3. The first-order valence-electron chi connectivity index (χ1n) is 4.84. The minimum absolute atomic E-state index is 0.0488. The summed E-state index contributed by atoms with van der Waals surface area (Å²) < 4.78 is 27.4. The van der Waals surface area contributed by atoms with Gasteiger partial charge in [0.25, 0.3) is 0 Å². The lowest BCUT2D eigenvalue weighted by Gasteiger charge is -2.10. The lowest BCUT2D eigenvalue weighted by atomic mass is 10.2. The SMILES string of the molecule is Nc1ccc(F)c(F)c1Nc1ccc(Br)cc1. The molecule has 17 heavy (non-hydrogen) atoms. The van der Waals surface area contributed by atoms with Crippen molar-refractivity contribution in [2.75, 3.05) is 11.1 Å². The Hall–Kier alpha value is -1.62. The van der Waals surface area contributed by atoms with Crippen LogP contribution in [-0.2, 0) is 0 Å². The molecule has 0 saturated carbocycles. The van der Waals surface area contributed by atoms with Crippen LogP contribution < -0.4 is 11.1 Å². The summed E-state index contributed by atoms with van der Waals surface area (Å²) in [5.74, 6) is -1.91. The summed E-state index contributed by atoms with van der Waals surface area (Å²) in [6, 6.07) is 9.35. The molecule has 0 unspecified atom stereocenters. The van der Waals surface area contributed by atoms with E-state index in [0.717, 1.165) is 10.5 Å². The van der Waals surface area contributed by atoms with Crippen molar-refractivity contribution in [1.82, 2.24) is 0 Å². The Morgan fingerprint density at radius 1 is 1.00 bits per heavy atom. The standard InChI is InChI=1S/C12H9BrF2N2/c13-7-1-3-8(4-2-7)17-12-10(16)6-5-9(14)11(12)15/h1-6,17H,16H2. The van der Waals surface area contributed by atoms with E-state index in [0.29, 0.717) is 5.69 Å². The van der Waals surface area contributed by atoms with Crippen LogP contribution in [0.5, 0.6) is 0 Å². The molecule has 2 aromatic carbocycles. The summed E-state index contributed by atoms with van der Waals surface area (Å²) in [6.45, 7) is 0. The van der Waals surface area contributed by atoms with E-state index >= 15 is 0 Å². The first kappa shape index (κ1) is 11.9. The van der Waals surface area contributed by atoms with Crippen LogP contribution in [0.25, 0.3) is 0 Å². The van der Waals surface area contributed by atoms with Gasteiger partial charge in [-0.05, 0) is 36.4 Å². The summed E-state index contributed by atoms with van der Waals surface area (Å²) in [6.07, 6.45) is 0. The van der Waals surface area contributed by atoms with Gasteiger partial charge in [0.1, 0.15) is 5.69 Å². The quantitative estimate of drug-likeness (QED) is 0.821. The van der Waals surface area contributed by atoms with Gasteiger partial charge in [-0.25, -0.2) is 8.78 Å². The third kappa shape index (κ3) is 2.55. The molecule has 2 aromatic rings. The number of hydrogen-bond acceptors (Lipinski definition) is 2. The van der Waals surface area contributed by atoms with E-state index < -0.39 is 11.6 Å². The largest absolute Gasteiger partial charge is 0.397 e. The Morgan fingerprint density at radius 3 is 2.29 bits per heavy atom. The normalized spacial score (nSPS) is 10.3. The van der Waals surface area contributed by atoms with Crippen LogP contribution in [0.15, 0.2) is 40.9 Å². The number of hydrogen-bond donors (Lipinski definition) is 2. The average molecular weight is 299 g/mol. The number of nitrogens with one attached hydrogen (secondary N) is 1. The van der Waals surface area contributed by atoms with Gasteiger partial charge >= 0.3 is 0 Å². The lowest BCUT2D eigenvalue weighted by molar-refractivity contribution is 0.512. The van der Waals surface area contributed by atoms with Crippen molar-refractivity contribution >= 4 is 33.0 Å². The predicted molar refractivity (Wildman–Crippen MR) is 68.2 cm³/mol. The van der Waals surface area contributed by atoms with Crippen molar-refractivity contribution < 1.29 is 8.78 Å². The van der Waals surface area contributed by atoms with Gasteiger partial charge in [0.05, 0.1) is 5.69 Å². The third-order valence-corrected chi connectivity index (χ3v) is 2.77. The van der Waals surface area contributed by atoms with Crippen molar-refractivity contribution in [3.63, 3.8) is 0 Å². The Kier molecular flexibility index (Phi) is 3.28. The van der Waals surface area contributed by atoms with Crippen molar-refractivity contribution in [1.29, 1.82) is 0 Å². The fraction of sp³-hybridized carbons (Fsp3) is 0. The van der Waals surface area contributed by atoms with Crippen LogP contribution in [0.3, 0.4) is 0 Å². The lowest BCUT2D eigenvalue weighted by Crippen LogP contribution is -2.01. The molecular formula is C12H9BrF2N2. The van der Waals surface area contributed by atoms with Gasteiger partial charge in [0.2, 0.25) is 0 Å². The molecule has 0 aliphatic heterocycles. The summed E-state index contributed by atoms with van der Waals surface area (Å²) >= 11 is 3.28. The van der Waals surface area contributed by atoms with E-state index in [9.17, 15) is 8.78 Å². The molecule has 2 rings (SSSR count). The Morgan fingerprint density at radius 2 is 1.65 bits per heavy atom. The Bertz CT molecular complexity index is 541. The molecule has 0 aliphatic carbocycles. The minimum Gasteiger partial charge on any atom is -0.397 e. The molecule has 0 aliphatic rings. The molecule has 0 bridgehead atoms. The Labute approximate surface area is 106 Å². The number of halogens is 3. The van der Waals surface area contributed by atoms with Crippen LogP contribution in [0, 0.1) is 11.6 Å². The molecule has 3 N–H and O–H groups in total. The number of nitrogen functional groups attached to an aromatic ring is 1. The molecular weight excluding hydrogens is 290 g/mol. The van der Waals surface area contributed by atoms with Crippen molar-refractivity contribution in [3.8, 4) is 0 Å². The monoisotopic (exact) mass is 298 g/mol. The van der Waals surface area contributed by atoms with Gasteiger partial charge in [0, 0.05) is 10.2 Å². The van der Waals surface area contributed by atoms with Crippen LogP contribution in [0.4, 0.5) is 25.8 Å². The molecule has 0 radical (unpaired) electrons. The van der Waals surface area contributed by atoms with Crippen LogP contribution in [-0.4, -0.2) is 0 Å². The smallest absolute Gasteiger partial charge is 0.184 e. The number of nitrogens with two attached hydrogens (primary N) is 1. The van der Waals surface area contributed by atoms with E-state index in [1.807, 2.05) is 0 Å². The molecule has 2 nitrogen and oxygen atoms in total. The molecule has 0 spiro atoms. The van der Waals surface area contributed by atoms with E-state index in [4.69, 9.17) is 5.73 Å². The zero-order chi connectivity index (χ0) is 12.4. The summed E-state index contributed by atoms with van der Waals surface area (Å²) in [4.78, 5) is 0. The van der Waals surface area contributed by atoms with E-state index in [2.05, 4.69) is 21.2 Å². The molecule has 0 aromatic heterocycles. The topological polar surface area (TPSA) is 38.0 Å². The Balaban J connectivity index is 2.36. The second-order valence-corrected chi connectivity index (χ2v) is 4.37. The fourth-order valence-corrected chi connectivity index (χ4v) is 1.63.